The molecule has 0 radical (unpaired) electrons. The van der Waals surface area contributed by atoms with Crippen molar-refractivity contribution in [2.75, 3.05) is 24.3 Å². The molecule has 3 N–H and O–H groups in total. The first-order valence-electron chi connectivity index (χ1n) is 6.53. The van der Waals surface area contributed by atoms with Gasteiger partial charge in [0, 0.05) is 30.7 Å². The fourth-order valence-corrected chi connectivity index (χ4v) is 2.09. The highest BCUT2D eigenvalue weighted by Gasteiger charge is 2.28. The van der Waals surface area contributed by atoms with Gasteiger partial charge in [-0.15, -0.1) is 0 Å². The van der Waals surface area contributed by atoms with E-state index in [4.69, 9.17) is 10.5 Å². The lowest BCUT2D eigenvalue weighted by molar-refractivity contribution is 0.0657. The van der Waals surface area contributed by atoms with Crippen molar-refractivity contribution >= 4 is 11.6 Å². The molecule has 5 heteroatoms. The molecule has 1 saturated heterocycles. The molecule has 1 aliphatic heterocycles. The fourth-order valence-electron chi connectivity index (χ4n) is 2.09. The molecule has 0 amide bonds. The smallest absolute Gasteiger partial charge is 0.135 e. The van der Waals surface area contributed by atoms with Crippen LogP contribution in [-0.4, -0.2) is 28.7 Å². The maximum absolute atomic E-state index is 5.93. The van der Waals surface area contributed by atoms with Crippen LogP contribution in [0, 0.1) is 6.92 Å². The van der Waals surface area contributed by atoms with Crippen LogP contribution in [0.3, 0.4) is 0 Å². The predicted molar refractivity (Wildman–Crippen MR) is 72.6 cm³/mol. The first-order chi connectivity index (χ1) is 8.54. The molecule has 0 atom stereocenters. The van der Waals surface area contributed by atoms with E-state index in [2.05, 4.69) is 22.2 Å². The van der Waals surface area contributed by atoms with Crippen LogP contribution in [0.15, 0.2) is 0 Å². The van der Waals surface area contributed by atoms with E-state index >= 15 is 0 Å². The SMILES string of the molecule is CCc1nc(N)c(C)c(NC2(C)CCOCC2)n1. The Morgan fingerprint density at radius 3 is 2.61 bits per heavy atom. The minimum Gasteiger partial charge on any atom is -0.383 e. The largest absolute Gasteiger partial charge is 0.383 e. The predicted octanol–water partition coefficient (Wildman–Crippen LogP) is 1.91. The summed E-state index contributed by atoms with van der Waals surface area (Å²) in [4.78, 5) is 8.82. The number of aryl methyl sites for hydroxylation is 1. The molecule has 0 saturated carbocycles. The van der Waals surface area contributed by atoms with Crippen LogP contribution in [-0.2, 0) is 11.2 Å². The van der Waals surface area contributed by atoms with E-state index in [-0.39, 0.29) is 5.54 Å². The number of aromatic nitrogens is 2. The van der Waals surface area contributed by atoms with E-state index in [9.17, 15) is 0 Å². The van der Waals surface area contributed by atoms with Crippen molar-refractivity contribution in [3.05, 3.63) is 11.4 Å². The second-order valence-corrected chi connectivity index (χ2v) is 5.15. The molecule has 18 heavy (non-hydrogen) atoms. The van der Waals surface area contributed by atoms with Gasteiger partial charge < -0.3 is 15.8 Å². The van der Waals surface area contributed by atoms with Crippen molar-refractivity contribution < 1.29 is 4.74 Å². The Bertz CT molecular complexity index is 427. The summed E-state index contributed by atoms with van der Waals surface area (Å²) in [5, 5.41) is 3.53. The second-order valence-electron chi connectivity index (χ2n) is 5.15. The molecule has 1 fully saturated rings. The summed E-state index contributed by atoms with van der Waals surface area (Å²) in [6.07, 6.45) is 2.76. The lowest BCUT2D eigenvalue weighted by Crippen LogP contribution is -2.41. The van der Waals surface area contributed by atoms with Crippen molar-refractivity contribution in [1.82, 2.24) is 9.97 Å². The zero-order valence-corrected chi connectivity index (χ0v) is 11.4. The van der Waals surface area contributed by atoms with Gasteiger partial charge in [0.1, 0.15) is 17.5 Å². The molecule has 0 bridgehead atoms. The zero-order valence-electron chi connectivity index (χ0n) is 11.4. The molecule has 1 aromatic rings. The van der Waals surface area contributed by atoms with Crippen molar-refractivity contribution in [3.63, 3.8) is 0 Å². The Morgan fingerprint density at radius 2 is 2.00 bits per heavy atom. The van der Waals surface area contributed by atoms with E-state index in [1.54, 1.807) is 0 Å². The Kier molecular flexibility index (Phi) is 3.71. The minimum atomic E-state index is 0.0365. The lowest BCUT2D eigenvalue weighted by Gasteiger charge is -2.35. The number of ether oxygens (including phenoxy) is 1. The number of nitrogens with zero attached hydrogens (tertiary/aromatic N) is 2. The van der Waals surface area contributed by atoms with E-state index in [1.165, 1.54) is 0 Å². The minimum absolute atomic E-state index is 0.0365. The summed E-state index contributed by atoms with van der Waals surface area (Å²) in [6, 6.07) is 0. The molecule has 1 aromatic heterocycles. The Balaban J connectivity index is 2.24. The van der Waals surface area contributed by atoms with Crippen LogP contribution in [0.25, 0.3) is 0 Å². The van der Waals surface area contributed by atoms with E-state index in [0.29, 0.717) is 5.82 Å². The third-order valence-corrected chi connectivity index (χ3v) is 3.56. The molecule has 0 aromatic carbocycles. The molecule has 2 rings (SSSR count). The van der Waals surface area contributed by atoms with Crippen LogP contribution in [0.5, 0.6) is 0 Å². The first-order valence-corrected chi connectivity index (χ1v) is 6.53. The van der Waals surface area contributed by atoms with Gasteiger partial charge in [-0.2, -0.15) is 0 Å². The maximum atomic E-state index is 5.93. The number of hydrogen-bond donors (Lipinski definition) is 2. The molecule has 0 unspecified atom stereocenters. The molecule has 100 valence electrons. The number of nitrogens with two attached hydrogens (primary N) is 1. The van der Waals surface area contributed by atoms with Crippen molar-refractivity contribution in [2.45, 2.75) is 45.6 Å². The van der Waals surface area contributed by atoms with E-state index < -0.39 is 0 Å². The molecule has 2 heterocycles. The third kappa shape index (κ3) is 2.72. The Hall–Kier alpha value is -1.36. The average molecular weight is 250 g/mol. The highest BCUT2D eigenvalue weighted by Crippen LogP contribution is 2.27. The van der Waals surface area contributed by atoms with Gasteiger partial charge in [-0.1, -0.05) is 6.92 Å². The highest BCUT2D eigenvalue weighted by atomic mass is 16.5. The molecule has 0 spiro atoms. The van der Waals surface area contributed by atoms with Crippen LogP contribution < -0.4 is 11.1 Å². The van der Waals surface area contributed by atoms with Gasteiger partial charge in [0.15, 0.2) is 0 Å². The van der Waals surface area contributed by atoms with Crippen LogP contribution in [0.4, 0.5) is 11.6 Å². The van der Waals surface area contributed by atoms with Crippen LogP contribution >= 0.6 is 0 Å². The van der Waals surface area contributed by atoms with Crippen LogP contribution in [0.2, 0.25) is 0 Å². The summed E-state index contributed by atoms with van der Waals surface area (Å²) < 4.78 is 5.40. The maximum Gasteiger partial charge on any atom is 0.135 e. The molecule has 5 nitrogen and oxygen atoms in total. The molecular weight excluding hydrogens is 228 g/mol. The van der Waals surface area contributed by atoms with Crippen molar-refractivity contribution in [3.8, 4) is 0 Å². The topological polar surface area (TPSA) is 73.1 Å². The summed E-state index contributed by atoms with van der Waals surface area (Å²) in [5.74, 6) is 2.22. The summed E-state index contributed by atoms with van der Waals surface area (Å²) >= 11 is 0. The lowest BCUT2D eigenvalue weighted by atomic mass is 9.92. The van der Waals surface area contributed by atoms with Gasteiger partial charge in [-0.25, -0.2) is 9.97 Å². The van der Waals surface area contributed by atoms with Gasteiger partial charge >= 0.3 is 0 Å². The number of nitrogen functional groups attached to an aromatic ring is 1. The fraction of sp³-hybridized carbons (Fsp3) is 0.692. The standard InChI is InChI=1S/C13H22N4O/c1-4-10-15-11(14)9(2)12(16-10)17-13(3)5-7-18-8-6-13/h4-8H2,1-3H3,(H3,14,15,16,17). The number of hydrogen-bond acceptors (Lipinski definition) is 5. The third-order valence-electron chi connectivity index (χ3n) is 3.56. The number of nitrogens with one attached hydrogen (secondary N) is 1. The van der Waals surface area contributed by atoms with E-state index in [0.717, 1.165) is 49.7 Å². The molecule has 0 aliphatic carbocycles. The monoisotopic (exact) mass is 250 g/mol. The first kappa shape index (κ1) is 13.1. The van der Waals surface area contributed by atoms with Gasteiger partial charge in [0.2, 0.25) is 0 Å². The van der Waals surface area contributed by atoms with Crippen molar-refractivity contribution in [2.24, 2.45) is 0 Å². The molecule has 1 aliphatic rings. The number of rotatable bonds is 3. The van der Waals surface area contributed by atoms with Gasteiger partial charge in [-0.05, 0) is 26.7 Å². The summed E-state index contributed by atoms with van der Waals surface area (Å²) in [5.41, 5.74) is 6.90. The molecular formula is C13H22N4O. The van der Waals surface area contributed by atoms with Gasteiger partial charge in [-0.3, -0.25) is 0 Å². The quantitative estimate of drug-likeness (QED) is 0.857. The summed E-state index contributed by atoms with van der Waals surface area (Å²) in [6.45, 7) is 7.79. The highest BCUT2D eigenvalue weighted by molar-refractivity contribution is 5.56. The van der Waals surface area contributed by atoms with Crippen molar-refractivity contribution in [1.29, 1.82) is 0 Å². The van der Waals surface area contributed by atoms with Crippen LogP contribution in [0.1, 0.15) is 38.1 Å². The Labute approximate surface area is 108 Å². The average Bonchev–Trinajstić information content (AvgIpc) is 2.35. The van der Waals surface area contributed by atoms with Gasteiger partial charge in [0.05, 0.1) is 0 Å². The normalized spacial score (nSPS) is 18.6. The zero-order chi connectivity index (χ0) is 13.2. The summed E-state index contributed by atoms with van der Waals surface area (Å²) in [7, 11) is 0. The van der Waals surface area contributed by atoms with E-state index in [1.807, 2.05) is 13.8 Å². The Morgan fingerprint density at radius 1 is 1.33 bits per heavy atom. The number of anilines is 2. The second kappa shape index (κ2) is 5.10. The van der Waals surface area contributed by atoms with Gasteiger partial charge in [0.25, 0.3) is 0 Å².